The van der Waals surface area contributed by atoms with Gasteiger partial charge in [-0.2, -0.15) is 18.3 Å². The van der Waals surface area contributed by atoms with Crippen molar-refractivity contribution in [3.8, 4) is 11.6 Å². The number of rotatable bonds is 5. The molecule has 4 nitrogen and oxygen atoms in total. The Morgan fingerprint density at radius 2 is 2.00 bits per heavy atom. The summed E-state index contributed by atoms with van der Waals surface area (Å²) >= 11 is 0. The molecule has 1 aromatic heterocycles. The van der Waals surface area contributed by atoms with Crippen molar-refractivity contribution in [2.45, 2.75) is 19.0 Å². The molecule has 2 N–H and O–H groups in total. The van der Waals surface area contributed by atoms with E-state index < -0.39 is 11.7 Å². The minimum Gasteiger partial charge on any atom is -0.481 e. The Morgan fingerprint density at radius 3 is 2.62 bits per heavy atom. The fourth-order valence-corrected chi connectivity index (χ4v) is 2.12. The molecule has 114 valence electrons. The van der Waals surface area contributed by atoms with Gasteiger partial charge >= 0.3 is 6.18 Å². The van der Waals surface area contributed by atoms with Crippen LogP contribution in [-0.4, -0.2) is 23.4 Å². The van der Waals surface area contributed by atoms with E-state index in [1.165, 1.54) is 36.2 Å². The molecular formula is C14H16F3N3O. The molecule has 0 unspecified atom stereocenters. The van der Waals surface area contributed by atoms with Crippen LogP contribution in [0.4, 0.5) is 13.2 Å². The van der Waals surface area contributed by atoms with Gasteiger partial charge in [-0.15, -0.1) is 0 Å². The van der Waals surface area contributed by atoms with E-state index in [1.807, 2.05) is 0 Å². The Morgan fingerprint density at radius 1 is 1.29 bits per heavy atom. The minimum atomic E-state index is -4.45. The number of nitrogens with zero attached hydrogens (tertiary/aromatic N) is 2. The van der Waals surface area contributed by atoms with E-state index in [1.54, 1.807) is 0 Å². The van der Waals surface area contributed by atoms with Gasteiger partial charge in [0.2, 0.25) is 5.88 Å². The zero-order valence-corrected chi connectivity index (χ0v) is 11.5. The molecule has 7 heteroatoms. The molecule has 2 aromatic rings. The van der Waals surface area contributed by atoms with Crippen LogP contribution in [0.3, 0.4) is 0 Å². The van der Waals surface area contributed by atoms with E-state index >= 15 is 0 Å². The lowest BCUT2D eigenvalue weighted by molar-refractivity contribution is -0.137. The zero-order valence-electron chi connectivity index (χ0n) is 11.5. The third-order valence-electron chi connectivity index (χ3n) is 3.08. The Kier molecular flexibility index (Phi) is 4.52. The van der Waals surface area contributed by atoms with E-state index in [2.05, 4.69) is 5.10 Å². The van der Waals surface area contributed by atoms with E-state index in [-0.39, 0.29) is 5.69 Å². The van der Waals surface area contributed by atoms with Crippen molar-refractivity contribution in [3.63, 3.8) is 0 Å². The predicted molar refractivity (Wildman–Crippen MR) is 72.5 cm³/mol. The maximum atomic E-state index is 13.1. The van der Waals surface area contributed by atoms with E-state index in [4.69, 9.17) is 10.5 Å². The van der Waals surface area contributed by atoms with Crippen LogP contribution in [0.1, 0.15) is 17.5 Å². The van der Waals surface area contributed by atoms with Gasteiger partial charge in [0.05, 0.1) is 24.6 Å². The summed E-state index contributed by atoms with van der Waals surface area (Å²) in [5.74, 6) is 0.306. The van der Waals surface area contributed by atoms with Crippen LogP contribution in [0.25, 0.3) is 5.69 Å². The number of hydrogen-bond donors (Lipinski definition) is 1. The van der Waals surface area contributed by atoms with Gasteiger partial charge < -0.3 is 10.5 Å². The van der Waals surface area contributed by atoms with Gasteiger partial charge in [0.25, 0.3) is 0 Å². The second kappa shape index (κ2) is 6.17. The Balaban J connectivity index is 2.50. The molecule has 21 heavy (non-hydrogen) atoms. The molecular weight excluding hydrogens is 283 g/mol. The van der Waals surface area contributed by atoms with Gasteiger partial charge in [-0.1, -0.05) is 12.1 Å². The molecule has 0 radical (unpaired) electrons. The Labute approximate surface area is 120 Å². The fourth-order valence-electron chi connectivity index (χ4n) is 2.12. The molecule has 0 aliphatic rings. The van der Waals surface area contributed by atoms with Crippen LogP contribution in [0.2, 0.25) is 0 Å². The van der Waals surface area contributed by atoms with Crippen LogP contribution >= 0.6 is 0 Å². The second-order valence-electron chi connectivity index (χ2n) is 4.50. The highest BCUT2D eigenvalue weighted by Crippen LogP contribution is 2.35. The molecule has 0 saturated carbocycles. The topological polar surface area (TPSA) is 53.1 Å². The number of para-hydroxylation sites is 1. The Hall–Kier alpha value is -2.02. The van der Waals surface area contributed by atoms with Gasteiger partial charge in [0.15, 0.2) is 0 Å². The summed E-state index contributed by atoms with van der Waals surface area (Å²) in [6, 6.07) is 5.27. The molecule has 0 atom stereocenters. The number of benzene rings is 1. The largest absolute Gasteiger partial charge is 0.481 e. The summed E-state index contributed by atoms with van der Waals surface area (Å²) in [5.41, 5.74) is 5.38. The third kappa shape index (κ3) is 3.18. The maximum Gasteiger partial charge on any atom is 0.418 e. The molecule has 2 rings (SSSR count). The summed E-state index contributed by atoms with van der Waals surface area (Å²) < 4.78 is 45.6. The van der Waals surface area contributed by atoms with E-state index in [0.29, 0.717) is 25.3 Å². The van der Waals surface area contributed by atoms with Crippen LogP contribution in [0.15, 0.2) is 30.5 Å². The predicted octanol–water partition coefficient (Wildman–Crippen LogP) is 2.79. The number of hydrogen-bond acceptors (Lipinski definition) is 3. The monoisotopic (exact) mass is 299 g/mol. The number of alkyl halides is 3. The van der Waals surface area contributed by atoms with E-state index in [9.17, 15) is 13.2 Å². The van der Waals surface area contributed by atoms with Crippen molar-refractivity contribution >= 4 is 0 Å². The number of halogens is 3. The summed E-state index contributed by atoms with van der Waals surface area (Å²) in [4.78, 5) is 0. The van der Waals surface area contributed by atoms with Crippen LogP contribution in [0.5, 0.6) is 5.88 Å². The number of ether oxygens (including phenoxy) is 1. The number of aryl methyl sites for hydroxylation is 1. The van der Waals surface area contributed by atoms with Gasteiger partial charge in [-0.3, -0.25) is 0 Å². The van der Waals surface area contributed by atoms with Crippen LogP contribution < -0.4 is 10.5 Å². The minimum absolute atomic E-state index is 0.0548. The first-order chi connectivity index (χ1) is 9.99. The first kappa shape index (κ1) is 15.4. The fraction of sp³-hybridized carbons (Fsp3) is 0.357. The lowest BCUT2D eigenvalue weighted by atomic mass is 10.1. The van der Waals surface area contributed by atoms with Crippen molar-refractivity contribution < 1.29 is 17.9 Å². The van der Waals surface area contributed by atoms with Gasteiger partial charge in [-0.25, -0.2) is 4.68 Å². The molecule has 1 aromatic carbocycles. The molecule has 0 saturated heterocycles. The summed E-state index contributed by atoms with van der Waals surface area (Å²) in [7, 11) is 1.41. The number of methoxy groups -OCH3 is 1. The van der Waals surface area contributed by atoms with E-state index in [0.717, 1.165) is 11.6 Å². The van der Waals surface area contributed by atoms with Crippen molar-refractivity contribution in [3.05, 3.63) is 41.6 Å². The smallest absolute Gasteiger partial charge is 0.418 e. The molecule has 0 fully saturated rings. The van der Waals surface area contributed by atoms with Crippen LogP contribution in [-0.2, 0) is 12.6 Å². The highest BCUT2D eigenvalue weighted by atomic mass is 19.4. The number of nitrogens with two attached hydrogens (primary N) is 1. The van der Waals surface area contributed by atoms with Gasteiger partial charge in [0, 0.05) is 5.56 Å². The molecule has 0 amide bonds. The van der Waals surface area contributed by atoms with Crippen molar-refractivity contribution in [2.75, 3.05) is 13.7 Å². The third-order valence-corrected chi connectivity index (χ3v) is 3.08. The lowest BCUT2D eigenvalue weighted by Crippen LogP contribution is -2.12. The average Bonchev–Trinajstić information content (AvgIpc) is 2.86. The Bertz CT molecular complexity index is 608. The highest BCUT2D eigenvalue weighted by Gasteiger charge is 2.34. The van der Waals surface area contributed by atoms with Gasteiger partial charge in [-0.05, 0) is 31.5 Å². The summed E-state index contributed by atoms with van der Waals surface area (Å²) in [6.45, 7) is 0.494. The SMILES string of the molecule is COc1c(CCCN)cnn1-c1ccccc1C(F)(F)F. The molecule has 0 aliphatic carbocycles. The second-order valence-corrected chi connectivity index (χ2v) is 4.50. The first-order valence-corrected chi connectivity index (χ1v) is 6.46. The van der Waals surface area contributed by atoms with Crippen LogP contribution in [0, 0.1) is 0 Å². The average molecular weight is 299 g/mol. The molecule has 1 heterocycles. The van der Waals surface area contributed by atoms with Crippen molar-refractivity contribution in [1.82, 2.24) is 9.78 Å². The summed E-state index contributed by atoms with van der Waals surface area (Å²) in [5, 5.41) is 4.04. The normalized spacial score (nSPS) is 11.7. The van der Waals surface area contributed by atoms with Gasteiger partial charge in [0.1, 0.15) is 0 Å². The zero-order chi connectivity index (χ0) is 15.5. The molecule has 0 aliphatic heterocycles. The standard InChI is InChI=1S/C14H16F3N3O/c1-21-13-10(5-4-8-18)9-19-20(13)12-7-3-2-6-11(12)14(15,16)17/h2-3,6-7,9H,4-5,8,18H2,1H3. The first-order valence-electron chi connectivity index (χ1n) is 6.46. The molecule has 0 bridgehead atoms. The maximum absolute atomic E-state index is 13.1. The summed E-state index contributed by atoms with van der Waals surface area (Å²) in [6.07, 6.45) is -1.62. The van der Waals surface area contributed by atoms with Crippen molar-refractivity contribution in [2.24, 2.45) is 5.73 Å². The quantitative estimate of drug-likeness (QED) is 0.923. The molecule has 0 spiro atoms. The van der Waals surface area contributed by atoms with Crippen molar-refractivity contribution in [1.29, 1.82) is 0 Å². The highest BCUT2D eigenvalue weighted by molar-refractivity contribution is 5.46. The number of aromatic nitrogens is 2. The lowest BCUT2D eigenvalue weighted by Gasteiger charge is -2.14.